The third-order valence-electron chi connectivity index (χ3n) is 1.33. The SMILES string of the molecule is Cc1cc(C#N)cc(C(F)F)n1. The van der Waals surface area contributed by atoms with Gasteiger partial charge in [0.2, 0.25) is 0 Å². The third-order valence-corrected chi connectivity index (χ3v) is 1.33. The summed E-state index contributed by atoms with van der Waals surface area (Å²) < 4.78 is 24.2. The monoisotopic (exact) mass is 168 g/mol. The zero-order valence-corrected chi connectivity index (χ0v) is 6.38. The summed E-state index contributed by atoms with van der Waals surface area (Å²) >= 11 is 0. The van der Waals surface area contributed by atoms with Crippen molar-refractivity contribution in [3.63, 3.8) is 0 Å². The third kappa shape index (κ3) is 1.76. The molecule has 1 aromatic heterocycles. The number of hydrogen-bond acceptors (Lipinski definition) is 2. The second kappa shape index (κ2) is 3.26. The van der Waals surface area contributed by atoms with Crippen molar-refractivity contribution in [2.45, 2.75) is 13.3 Å². The fourth-order valence-corrected chi connectivity index (χ4v) is 0.871. The first-order valence-electron chi connectivity index (χ1n) is 3.30. The van der Waals surface area contributed by atoms with Gasteiger partial charge in [-0.05, 0) is 19.1 Å². The molecule has 0 spiro atoms. The molecular weight excluding hydrogens is 162 g/mol. The van der Waals surface area contributed by atoms with E-state index in [4.69, 9.17) is 5.26 Å². The van der Waals surface area contributed by atoms with Crippen molar-refractivity contribution >= 4 is 0 Å². The van der Waals surface area contributed by atoms with E-state index in [1.165, 1.54) is 6.07 Å². The second-order valence-corrected chi connectivity index (χ2v) is 2.33. The summed E-state index contributed by atoms with van der Waals surface area (Å²) in [5.74, 6) is 0. The Morgan fingerprint density at radius 2 is 2.17 bits per heavy atom. The molecule has 0 radical (unpaired) electrons. The molecule has 0 atom stereocenters. The van der Waals surface area contributed by atoms with E-state index in [9.17, 15) is 8.78 Å². The predicted molar refractivity (Wildman–Crippen MR) is 38.6 cm³/mol. The highest BCUT2D eigenvalue weighted by molar-refractivity contribution is 5.31. The minimum Gasteiger partial charge on any atom is -0.252 e. The maximum atomic E-state index is 12.1. The maximum absolute atomic E-state index is 12.1. The van der Waals surface area contributed by atoms with Crippen molar-refractivity contribution in [3.8, 4) is 6.07 Å². The quantitative estimate of drug-likeness (QED) is 0.644. The van der Waals surface area contributed by atoms with Gasteiger partial charge in [0.15, 0.2) is 0 Å². The summed E-state index contributed by atoms with van der Waals surface area (Å²) in [4.78, 5) is 3.58. The molecule has 12 heavy (non-hydrogen) atoms. The van der Waals surface area contributed by atoms with Crippen LogP contribution in [0, 0.1) is 18.3 Å². The van der Waals surface area contributed by atoms with E-state index in [1.54, 1.807) is 13.0 Å². The smallest absolute Gasteiger partial charge is 0.252 e. The first-order valence-corrected chi connectivity index (χ1v) is 3.30. The van der Waals surface area contributed by atoms with Crippen molar-refractivity contribution < 1.29 is 8.78 Å². The molecule has 0 aliphatic carbocycles. The van der Waals surface area contributed by atoms with E-state index in [-0.39, 0.29) is 11.3 Å². The molecule has 1 heterocycles. The topological polar surface area (TPSA) is 36.7 Å². The molecule has 1 rings (SSSR count). The van der Waals surface area contributed by atoms with Crippen LogP contribution in [0.15, 0.2) is 12.1 Å². The number of alkyl halides is 2. The standard InChI is InChI=1S/C8H6F2N2/c1-5-2-6(4-11)3-7(12-5)8(9)10/h2-3,8H,1H3. The summed E-state index contributed by atoms with van der Waals surface area (Å²) in [7, 11) is 0. The van der Waals surface area contributed by atoms with Crippen LogP contribution in [-0.2, 0) is 0 Å². The van der Waals surface area contributed by atoms with Crippen molar-refractivity contribution in [1.82, 2.24) is 4.98 Å². The summed E-state index contributed by atoms with van der Waals surface area (Å²) in [6.07, 6.45) is -2.61. The van der Waals surface area contributed by atoms with Crippen molar-refractivity contribution in [3.05, 3.63) is 29.1 Å². The normalized spacial score (nSPS) is 9.92. The van der Waals surface area contributed by atoms with Crippen molar-refractivity contribution in [2.24, 2.45) is 0 Å². The summed E-state index contributed by atoms with van der Waals surface area (Å²) in [5.41, 5.74) is 0.314. The van der Waals surface area contributed by atoms with Crippen LogP contribution in [0.1, 0.15) is 23.4 Å². The molecule has 0 aromatic carbocycles. The fourth-order valence-electron chi connectivity index (χ4n) is 0.871. The Labute approximate surface area is 68.5 Å². The molecule has 0 saturated heterocycles. The number of nitriles is 1. The van der Waals surface area contributed by atoms with E-state index >= 15 is 0 Å². The number of aromatic nitrogens is 1. The summed E-state index contributed by atoms with van der Waals surface area (Å²) in [6.45, 7) is 1.58. The molecule has 0 bridgehead atoms. The molecule has 0 unspecified atom stereocenters. The van der Waals surface area contributed by atoms with Crippen LogP contribution in [0.5, 0.6) is 0 Å². The lowest BCUT2D eigenvalue weighted by Gasteiger charge is -2.00. The second-order valence-electron chi connectivity index (χ2n) is 2.33. The van der Waals surface area contributed by atoms with E-state index in [2.05, 4.69) is 4.98 Å². The Balaban J connectivity index is 3.17. The Morgan fingerprint density at radius 1 is 1.50 bits per heavy atom. The van der Waals surface area contributed by atoms with Gasteiger partial charge < -0.3 is 0 Å². The highest BCUT2D eigenvalue weighted by atomic mass is 19.3. The minimum atomic E-state index is -2.61. The first-order chi connectivity index (χ1) is 5.63. The van der Waals surface area contributed by atoms with E-state index in [0.29, 0.717) is 5.69 Å². The van der Waals surface area contributed by atoms with Gasteiger partial charge in [0.25, 0.3) is 6.43 Å². The van der Waals surface area contributed by atoms with Crippen LogP contribution >= 0.6 is 0 Å². The number of aryl methyl sites for hydroxylation is 1. The van der Waals surface area contributed by atoms with E-state index in [1.807, 2.05) is 0 Å². The van der Waals surface area contributed by atoms with Crippen LogP contribution < -0.4 is 0 Å². The van der Waals surface area contributed by atoms with Crippen LogP contribution in [0.4, 0.5) is 8.78 Å². The zero-order valence-electron chi connectivity index (χ0n) is 6.38. The largest absolute Gasteiger partial charge is 0.280 e. The molecule has 0 amide bonds. The lowest BCUT2D eigenvalue weighted by Crippen LogP contribution is -1.93. The lowest BCUT2D eigenvalue weighted by atomic mass is 10.2. The van der Waals surface area contributed by atoms with Gasteiger partial charge in [0, 0.05) is 5.69 Å². The van der Waals surface area contributed by atoms with Gasteiger partial charge in [-0.15, -0.1) is 0 Å². The van der Waals surface area contributed by atoms with Gasteiger partial charge in [0.1, 0.15) is 5.69 Å². The number of halogens is 2. The average molecular weight is 168 g/mol. The molecule has 0 fully saturated rings. The van der Waals surface area contributed by atoms with E-state index in [0.717, 1.165) is 6.07 Å². The Kier molecular flexibility index (Phi) is 2.34. The molecule has 0 aliphatic rings. The molecule has 62 valence electrons. The molecule has 0 N–H and O–H groups in total. The van der Waals surface area contributed by atoms with Gasteiger partial charge >= 0.3 is 0 Å². The molecule has 0 saturated carbocycles. The number of nitrogens with zero attached hydrogens (tertiary/aromatic N) is 2. The van der Waals surface area contributed by atoms with Gasteiger partial charge in [-0.2, -0.15) is 5.26 Å². The molecular formula is C8H6F2N2. The molecule has 4 heteroatoms. The van der Waals surface area contributed by atoms with Gasteiger partial charge in [-0.1, -0.05) is 0 Å². The van der Waals surface area contributed by atoms with Crippen LogP contribution in [0.3, 0.4) is 0 Å². The number of pyridine rings is 1. The van der Waals surface area contributed by atoms with E-state index < -0.39 is 6.43 Å². The highest BCUT2D eigenvalue weighted by Gasteiger charge is 2.09. The van der Waals surface area contributed by atoms with Crippen LogP contribution in [0.2, 0.25) is 0 Å². The van der Waals surface area contributed by atoms with Gasteiger partial charge in [-0.3, -0.25) is 4.98 Å². The molecule has 1 aromatic rings. The first kappa shape index (κ1) is 8.60. The number of hydrogen-bond donors (Lipinski definition) is 0. The fraction of sp³-hybridized carbons (Fsp3) is 0.250. The van der Waals surface area contributed by atoms with Gasteiger partial charge in [-0.25, -0.2) is 8.78 Å². The van der Waals surface area contributed by atoms with Crippen molar-refractivity contribution in [1.29, 1.82) is 5.26 Å². The highest BCUT2D eigenvalue weighted by Crippen LogP contribution is 2.17. The lowest BCUT2D eigenvalue weighted by molar-refractivity contribution is 0.146. The number of rotatable bonds is 1. The average Bonchev–Trinajstić information content (AvgIpc) is 2.03. The summed E-state index contributed by atoms with van der Waals surface area (Å²) in [5, 5.41) is 8.45. The van der Waals surface area contributed by atoms with Gasteiger partial charge in [0.05, 0.1) is 11.6 Å². The Bertz CT molecular complexity index is 328. The van der Waals surface area contributed by atoms with Crippen LogP contribution in [-0.4, -0.2) is 4.98 Å². The predicted octanol–water partition coefficient (Wildman–Crippen LogP) is 2.20. The summed E-state index contributed by atoms with van der Waals surface area (Å²) in [6, 6.07) is 4.35. The zero-order chi connectivity index (χ0) is 9.14. The molecule has 2 nitrogen and oxygen atoms in total. The Hall–Kier alpha value is -1.50. The Morgan fingerprint density at radius 3 is 2.67 bits per heavy atom. The molecule has 0 aliphatic heterocycles. The maximum Gasteiger partial charge on any atom is 0.280 e. The van der Waals surface area contributed by atoms with Crippen molar-refractivity contribution in [2.75, 3.05) is 0 Å². The van der Waals surface area contributed by atoms with Crippen LogP contribution in [0.25, 0.3) is 0 Å². The minimum absolute atomic E-state index is 0.220.